The molecule has 0 aromatic heterocycles. The van der Waals surface area contributed by atoms with Crippen molar-refractivity contribution in [1.29, 1.82) is 0 Å². The average molecular weight is 451 g/mol. The number of rotatable bonds is 8. The van der Waals surface area contributed by atoms with Gasteiger partial charge >= 0.3 is 11.9 Å². The van der Waals surface area contributed by atoms with Crippen molar-refractivity contribution in [2.24, 2.45) is 0 Å². The zero-order chi connectivity index (χ0) is 23.1. The van der Waals surface area contributed by atoms with Crippen LogP contribution in [-0.2, 0) is 16.1 Å². The van der Waals surface area contributed by atoms with E-state index in [1.807, 2.05) is 0 Å². The first-order valence-electron chi connectivity index (χ1n) is 9.25. The number of aliphatic hydroxyl groups excluding tert-OH is 2. The lowest BCUT2D eigenvalue weighted by atomic mass is 10.1. The van der Waals surface area contributed by atoms with E-state index in [-0.39, 0.29) is 5.82 Å². The highest BCUT2D eigenvalue weighted by Gasteiger charge is 2.29. The molecule has 1 saturated heterocycles. The summed E-state index contributed by atoms with van der Waals surface area (Å²) in [5, 5.41) is 46.3. The summed E-state index contributed by atoms with van der Waals surface area (Å²) in [6, 6.07) is 5.04. The topological polar surface area (TPSA) is 151 Å². The molecule has 1 aliphatic heterocycles. The molecule has 1 fully saturated rings. The first kappa shape index (κ1) is 26.2. The standard InChI is InChI=1S/C15H22ClFN2O.C4H6O6/c1-15(2,20)10-19(11-6-7-18-8-11)9-12-13(16)4-3-5-14(12)17;5-1(3(7)8)2(6)4(9)10/h3-5,11,18,20H,6-10H2,1-2H3;1-2,5-6H,(H,7,8)(H,9,10)/t11-;/m0./s1. The Labute approximate surface area is 178 Å². The molecule has 0 amide bonds. The number of benzene rings is 1. The van der Waals surface area contributed by atoms with Crippen LogP contribution in [0.1, 0.15) is 25.8 Å². The SMILES string of the molecule is CC(C)(O)CN(Cc1c(F)cccc1Cl)[C@H]1CCNC1.O=C(O)C(O)C(O)C(=O)O. The number of hydrogen-bond acceptors (Lipinski definition) is 7. The highest BCUT2D eigenvalue weighted by Crippen LogP contribution is 2.24. The molecule has 11 heteroatoms. The van der Waals surface area contributed by atoms with E-state index in [1.54, 1.807) is 26.0 Å². The Morgan fingerprint density at radius 3 is 2.23 bits per heavy atom. The summed E-state index contributed by atoms with van der Waals surface area (Å²) < 4.78 is 13.9. The van der Waals surface area contributed by atoms with E-state index in [0.717, 1.165) is 19.5 Å². The molecule has 2 rings (SSSR count). The number of hydrogen-bond donors (Lipinski definition) is 6. The van der Waals surface area contributed by atoms with Crippen LogP contribution in [0.2, 0.25) is 5.02 Å². The van der Waals surface area contributed by atoms with Crippen molar-refractivity contribution in [3.05, 3.63) is 34.6 Å². The molecule has 6 N–H and O–H groups in total. The highest BCUT2D eigenvalue weighted by atomic mass is 35.5. The Hall–Kier alpha value is -1.82. The summed E-state index contributed by atoms with van der Waals surface area (Å²) in [5.74, 6) is -3.82. The van der Waals surface area contributed by atoms with E-state index in [9.17, 15) is 19.1 Å². The average Bonchev–Trinajstić information content (AvgIpc) is 3.16. The second kappa shape index (κ2) is 11.5. The van der Waals surface area contributed by atoms with Gasteiger partial charge in [0.25, 0.3) is 0 Å². The van der Waals surface area contributed by atoms with Gasteiger partial charge in [0.1, 0.15) is 5.82 Å². The normalized spacial score (nSPS) is 18.5. The highest BCUT2D eigenvalue weighted by molar-refractivity contribution is 6.31. The van der Waals surface area contributed by atoms with Gasteiger partial charge in [-0.2, -0.15) is 0 Å². The van der Waals surface area contributed by atoms with Crippen LogP contribution in [0.5, 0.6) is 0 Å². The van der Waals surface area contributed by atoms with Gasteiger partial charge in [0.15, 0.2) is 12.2 Å². The summed E-state index contributed by atoms with van der Waals surface area (Å²) in [7, 11) is 0. The summed E-state index contributed by atoms with van der Waals surface area (Å²) in [4.78, 5) is 21.7. The minimum atomic E-state index is -2.27. The van der Waals surface area contributed by atoms with Gasteiger partial charge in [-0.3, -0.25) is 4.90 Å². The summed E-state index contributed by atoms with van der Waals surface area (Å²) in [6.07, 6.45) is -3.53. The molecule has 30 heavy (non-hydrogen) atoms. The van der Waals surface area contributed by atoms with Crippen LogP contribution in [0.25, 0.3) is 0 Å². The fraction of sp³-hybridized carbons (Fsp3) is 0.579. The van der Waals surface area contributed by atoms with E-state index in [4.69, 9.17) is 32.0 Å². The van der Waals surface area contributed by atoms with E-state index < -0.39 is 29.7 Å². The van der Waals surface area contributed by atoms with Crippen molar-refractivity contribution in [2.45, 2.75) is 50.7 Å². The number of aliphatic hydroxyl groups is 3. The Bertz CT molecular complexity index is 685. The number of halogens is 2. The maximum atomic E-state index is 13.9. The lowest BCUT2D eigenvalue weighted by molar-refractivity contribution is -0.165. The fourth-order valence-electron chi connectivity index (χ4n) is 2.92. The monoisotopic (exact) mass is 450 g/mol. The third-order valence-electron chi connectivity index (χ3n) is 4.37. The van der Waals surface area contributed by atoms with Gasteiger partial charge < -0.3 is 30.8 Å². The van der Waals surface area contributed by atoms with Crippen molar-refractivity contribution in [2.75, 3.05) is 19.6 Å². The van der Waals surface area contributed by atoms with Gasteiger partial charge in [0, 0.05) is 36.3 Å². The zero-order valence-corrected chi connectivity index (χ0v) is 17.5. The van der Waals surface area contributed by atoms with Gasteiger partial charge in [-0.1, -0.05) is 17.7 Å². The Kier molecular flexibility index (Phi) is 10.1. The van der Waals surface area contributed by atoms with Crippen molar-refractivity contribution in [3.8, 4) is 0 Å². The van der Waals surface area contributed by atoms with Crippen molar-refractivity contribution >= 4 is 23.5 Å². The number of aliphatic carboxylic acids is 2. The van der Waals surface area contributed by atoms with Crippen molar-refractivity contribution in [1.82, 2.24) is 10.2 Å². The number of carboxylic acids is 2. The quantitative estimate of drug-likeness (QED) is 0.328. The second-order valence-corrected chi connectivity index (χ2v) is 8.04. The number of nitrogens with one attached hydrogen (secondary N) is 1. The fourth-order valence-corrected chi connectivity index (χ4v) is 3.14. The first-order chi connectivity index (χ1) is 13.8. The third-order valence-corrected chi connectivity index (χ3v) is 4.72. The number of carbonyl (C=O) groups is 2. The molecule has 1 aromatic carbocycles. The van der Waals surface area contributed by atoms with Crippen LogP contribution in [0.15, 0.2) is 18.2 Å². The minimum absolute atomic E-state index is 0.288. The van der Waals surface area contributed by atoms with Gasteiger partial charge in [0.05, 0.1) is 5.60 Å². The molecule has 2 unspecified atom stereocenters. The lowest BCUT2D eigenvalue weighted by Gasteiger charge is -2.33. The van der Waals surface area contributed by atoms with E-state index in [1.165, 1.54) is 6.07 Å². The van der Waals surface area contributed by atoms with Crippen LogP contribution in [0.3, 0.4) is 0 Å². The molecule has 0 radical (unpaired) electrons. The molecule has 0 bridgehead atoms. The summed E-state index contributed by atoms with van der Waals surface area (Å²) in [5.41, 5.74) is -0.314. The molecule has 170 valence electrons. The van der Waals surface area contributed by atoms with Crippen LogP contribution < -0.4 is 5.32 Å². The van der Waals surface area contributed by atoms with Crippen molar-refractivity contribution in [3.63, 3.8) is 0 Å². The van der Waals surface area contributed by atoms with Crippen LogP contribution >= 0.6 is 11.6 Å². The maximum Gasteiger partial charge on any atom is 0.335 e. The molecular weight excluding hydrogens is 423 g/mol. The van der Waals surface area contributed by atoms with Gasteiger partial charge in [-0.25, -0.2) is 14.0 Å². The molecule has 1 aliphatic rings. The molecular formula is C19H28ClFN2O7. The summed E-state index contributed by atoms with van der Waals surface area (Å²) >= 11 is 6.11. The third kappa shape index (κ3) is 8.50. The smallest absolute Gasteiger partial charge is 0.335 e. The van der Waals surface area contributed by atoms with Gasteiger partial charge in [0.2, 0.25) is 0 Å². The molecule has 9 nitrogen and oxygen atoms in total. The molecule has 0 aliphatic carbocycles. The van der Waals surface area contributed by atoms with E-state index in [0.29, 0.717) is 29.7 Å². The predicted octanol–water partition coefficient (Wildman–Crippen LogP) is 0.291. The van der Waals surface area contributed by atoms with E-state index >= 15 is 0 Å². The number of nitrogens with zero attached hydrogens (tertiary/aromatic N) is 1. The number of carboxylic acid groups (broad SMARTS) is 2. The molecule has 0 saturated carbocycles. The maximum absolute atomic E-state index is 13.9. The Balaban J connectivity index is 0.000000382. The predicted molar refractivity (Wildman–Crippen MR) is 107 cm³/mol. The van der Waals surface area contributed by atoms with Crippen LogP contribution in [-0.4, -0.2) is 85.9 Å². The lowest BCUT2D eigenvalue weighted by Crippen LogP contribution is -2.45. The molecule has 0 spiro atoms. The molecule has 1 aromatic rings. The van der Waals surface area contributed by atoms with E-state index in [2.05, 4.69) is 10.2 Å². The minimum Gasteiger partial charge on any atom is -0.479 e. The first-order valence-corrected chi connectivity index (χ1v) is 9.63. The Morgan fingerprint density at radius 1 is 1.27 bits per heavy atom. The molecule has 1 heterocycles. The molecule has 3 atom stereocenters. The largest absolute Gasteiger partial charge is 0.479 e. The van der Waals surface area contributed by atoms with Gasteiger partial charge in [-0.15, -0.1) is 0 Å². The summed E-state index contributed by atoms with van der Waals surface area (Å²) in [6.45, 7) is 6.27. The Morgan fingerprint density at radius 2 is 1.83 bits per heavy atom. The van der Waals surface area contributed by atoms with Crippen LogP contribution in [0, 0.1) is 5.82 Å². The van der Waals surface area contributed by atoms with Crippen molar-refractivity contribution < 1.29 is 39.5 Å². The van der Waals surface area contributed by atoms with Gasteiger partial charge in [-0.05, 0) is 38.9 Å². The second-order valence-electron chi connectivity index (χ2n) is 7.63. The zero-order valence-electron chi connectivity index (χ0n) is 16.8. The van der Waals surface area contributed by atoms with Crippen LogP contribution in [0.4, 0.5) is 4.39 Å².